The second-order valence-corrected chi connectivity index (χ2v) is 9.35. The number of carbonyl (C=O) groups excluding carboxylic acids is 1. The lowest BCUT2D eigenvalue weighted by Gasteiger charge is -2.17. The van der Waals surface area contributed by atoms with Gasteiger partial charge in [-0.1, -0.05) is 6.07 Å². The van der Waals surface area contributed by atoms with E-state index in [2.05, 4.69) is 15.5 Å². The first-order valence-corrected chi connectivity index (χ1v) is 11.3. The zero-order valence-corrected chi connectivity index (χ0v) is 18.4. The second kappa shape index (κ2) is 8.77. The average Bonchev–Trinajstić information content (AvgIpc) is 2.68. The van der Waals surface area contributed by atoms with Crippen molar-refractivity contribution in [1.82, 2.24) is 10.2 Å². The van der Waals surface area contributed by atoms with Gasteiger partial charge >= 0.3 is 6.18 Å². The molecule has 1 amide bonds. The summed E-state index contributed by atoms with van der Waals surface area (Å²) in [5.41, 5.74) is -2.00. The smallest absolute Gasteiger partial charge is 0.435 e. The number of hydrogen-bond acceptors (Lipinski definition) is 6. The molecule has 0 spiro atoms. The van der Waals surface area contributed by atoms with Crippen molar-refractivity contribution in [1.29, 1.82) is 4.78 Å². The predicted octanol–water partition coefficient (Wildman–Crippen LogP) is 5.33. The Morgan fingerprint density at radius 3 is 2.42 bits per heavy atom. The molecule has 0 aliphatic rings. The Hall–Kier alpha value is -3.54. The van der Waals surface area contributed by atoms with Crippen molar-refractivity contribution < 1.29 is 31.3 Å². The van der Waals surface area contributed by atoms with Crippen molar-refractivity contribution in [2.75, 3.05) is 11.6 Å². The highest BCUT2D eigenvalue weighted by Crippen LogP contribution is 2.35. The van der Waals surface area contributed by atoms with Gasteiger partial charge in [-0.2, -0.15) is 13.2 Å². The van der Waals surface area contributed by atoms with E-state index in [9.17, 15) is 26.6 Å². The highest BCUT2D eigenvalue weighted by atomic mass is 32.2. The van der Waals surface area contributed by atoms with E-state index < -0.39 is 50.3 Å². The van der Waals surface area contributed by atoms with Crippen LogP contribution in [0.3, 0.4) is 0 Å². The number of aryl methyl sites for hydroxylation is 1. The summed E-state index contributed by atoms with van der Waals surface area (Å²) in [4.78, 5) is 13.1. The van der Waals surface area contributed by atoms with Crippen LogP contribution in [0, 0.1) is 24.4 Å². The van der Waals surface area contributed by atoms with Crippen LogP contribution in [-0.2, 0) is 15.9 Å². The Labute approximate surface area is 186 Å². The molecule has 1 heterocycles. The van der Waals surface area contributed by atoms with E-state index in [-0.39, 0.29) is 16.3 Å². The van der Waals surface area contributed by atoms with Crippen molar-refractivity contribution in [2.45, 2.75) is 24.9 Å². The minimum Gasteiger partial charge on any atom is -0.437 e. The molecule has 0 saturated carbocycles. The summed E-state index contributed by atoms with van der Waals surface area (Å²) in [6, 6.07) is 9.06. The number of alkyl halides is 3. The van der Waals surface area contributed by atoms with Gasteiger partial charge in [-0.15, -0.1) is 10.2 Å². The molecule has 1 aromatic heterocycles. The molecule has 2 N–H and O–H groups in total. The molecule has 33 heavy (non-hydrogen) atoms. The predicted molar refractivity (Wildman–Crippen MR) is 112 cm³/mol. The lowest BCUT2D eigenvalue weighted by atomic mass is 10.1. The van der Waals surface area contributed by atoms with Crippen molar-refractivity contribution in [2.24, 2.45) is 0 Å². The number of rotatable bonds is 5. The zero-order valence-electron chi connectivity index (χ0n) is 17.6. The SMILES string of the molecule is Cc1cc(F)ccc1Oc1nnc(C(F)(F)F)c(C)c1C(=O)Nc1cccc(S(C)(=N)=O)c1. The van der Waals surface area contributed by atoms with E-state index in [1.165, 1.54) is 43.5 Å². The minimum atomic E-state index is -4.88. The second-order valence-electron chi connectivity index (χ2n) is 7.19. The molecular weight excluding hydrogens is 464 g/mol. The lowest BCUT2D eigenvalue weighted by molar-refractivity contribution is -0.142. The average molecular weight is 482 g/mol. The highest BCUT2D eigenvalue weighted by molar-refractivity contribution is 7.91. The molecule has 1 atom stereocenters. The number of nitrogens with zero attached hydrogens (tertiary/aromatic N) is 2. The maximum atomic E-state index is 13.4. The fourth-order valence-electron chi connectivity index (χ4n) is 2.95. The van der Waals surface area contributed by atoms with E-state index in [0.29, 0.717) is 5.56 Å². The number of carbonyl (C=O) groups is 1. The number of anilines is 1. The molecule has 0 bridgehead atoms. The van der Waals surface area contributed by atoms with Gasteiger partial charge in [0.1, 0.15) is 17.1 Å². The number of amides is 1. The molecule has 174 valence electrons. The van der Waals surface area contributed by atoms with Gasteiger partial charge < -0.3 is 10.1 Å². The third kappa shape index (κ3) is 5.45. The van der Waals surface area contributed by atoms with E-state index in [4.69, 9.17) is 9.52 Å². The summed E-state index contributed by atoms with van der Waals surface area (Å²) in [5, 5.41) is 9.05. The third-order valence-corrected chi connectivity index (χ3v) is 5.72. The summed E-state index contributed by atoms with van der Waals surface area (Å²) < 4.78 is 78.8. The van der Waals surface area contributed by atoms with Gasteiger partial charge in [-0.25, -0.2) is 13.4 Å². The maximum Gasteiger partial charge on any atom is 0.435 e. The number of hydrogen-bond donors (Lipinski definition) is 2. The van der Waals surface area contributed by atoms with E-state index in [1.54, 1.807) is 0 Å². The van der Waals surface area contributed by atoms with Gasteiger partial charge in [0.05, 0.1) is 9.73 Å². The Kier molecular flexibility index (Phi) is 6.41. The van der Waals surface area contributed by atoms with Gasteiger partial charge in [-0.05, 0) is 61.4 Å². The third-order valence-electron chi connectivity index (χ3n) is 4.57. The summed E-state index contributed by atoms with van der Waals surface area (Å²) >= 11 is 0. The molecule has 0 saturated heterocycles. The fraction of sp³-hybridized carbons (Fsp3) is 0.190. The Morgan fingerprint density at radius 1 is 1.12 bits per heavy atom. The molecule has 7 nitrogen and oxygen atoms in total. The first-order valence-electron chi connectivity index (χ1n) is 9.31. The molecule has 3 aromatic rings. The van der Waals surface area contributed by atoms with Crippen LogP contribution >= 0.6 is 0 Å². The molecule has 0 fully saturated rings. The molecular formula is C21H18F4N4O3S. The normalized spacial score (nSPS) is 13.3. The minimum absolute atomic E-state index is 0.0702. The standard InChI is InChI=1S/C21H18F4N4O3S/c1-11-9-13(22)7-8-16(11)32-20-17(12(2)18(28-29-20)21(23,24)25)19(30)27-14-5-4-6-15(10-14)33(3,26)31/h4-10,26H,1-3H3,(H,27,30). The highest BCUT2D eigenvalue weighted by Gasteiger charge is 2.38. The van der Waals surface area contributed by atoms with E-state index in [1.807, 2.05) is 0 Å². The number of ether oxygens (including phenoxy) is 1. The Balaban J connectivity index is 2.08. The van der Waals surface area contributed by atoms with E-state index in [0.717, 1.165) is 19.1 Å². The van der Waals surface area contributed by atoms with Crippen LogP contribution in [0.15, 0.2) is 47.4 Å². The summed E-state index contributed by atoms with van der Waals surface area (Å²) in [6.45, 7) is 2.56. The number of benzene rings is 2. The molecule has 0 radical (unpaired) electrons. The van der Waals surface area contributed by atoms with Crippen molar-refractivity contribution in [3.63, 3.8) is 0 Å². The van der Waals surface area contributed by atoms with Gasteiger partial charge in [0.15, 0.2) is 5.69 Å². The topological polar surface area (TPSA) is 105 Å². The van der Waals surface area contributed by atoms with Crippen molar-refractivity contribution in [3.8, 4) is 11.6 Å². The van der Waals surface area contributed by atoms with Gasteiger partial charge in [0, 0.05) is 16.8 Å². The first-order chi connectivity index (χ1) is 15.3. The van der Waals surface area contributed by atoms with Crippen LogP contribution in [0.4, 0.5) is 23.2 Å². The van der Waals surface area contributed by atoms with Crippen LogP contribution in [0.5, 0.6) is 11.6 Å². The van der Waals surface area contributed by atoms with Crippen molar-refractivity contribution >= 4 is 21.3 Å². The number of nitrogens with one attached hydrogen (secondary N) is 2. The Bertz CT molecular complexity index is 1340. The maximum absolute atomic E-state index is 13.4. The number of aromatic nitrogens is 2. The molecule has 1 unspecified atom stereocenters. The van der Waals surface area contributed by atoms with Crippen LogP contribution in [0.2, 0.25) is 0 Å². The van der Waals surface area contributed by atoms with Crippen LogP contribution in [0.25, 0.3) is 0 Å². The fourth-order valence-corrected chi connectivity index (χ4v) is 3.64. The van der Waals surface area contributed by atoms with Crippen LogP contribution in [0.1, 0.15) is 27.2 Å². The summed E-state index contributed by atoms with van der Waals surface area (Å²) in [5.74, 6) is -1.98. The number of halogens is 4. The quantitative estimate of drug-likeness (QED) is 0.478. The van der Waals surface area contributed by atoms with Gasteiger partial charge in [-0.3, -0.25) is 4.79 Å². The van der Waals surface area contributed by atoms with Crippen LogP contribution < -0.4 is 10.1 Å². The van der Waals surface area contributed by atoms with Gasteiger partial charge in [0.2, 0.25) is 0 Å². The molecule has 12 heteroatoms. The zero-order chi connectivity index (χ0) is 24.6. The summed E-state index contributed by atoms with van der Waals surface area (Å²) in [6.07, 6.45) is -3.69. The molecule has 0 aliphatic heterocycles. The molecule has 3 rings (SSSR count). The Morgan fingerprint density at radius 2 is 1.82 bits per heavy atom. The van der Waals surface area contributed by atoms with Crippen molar-refractivity contribution in [3.05, 3.63) is 70.7 Å². The molecule has 2 aromatic carbocycles. The monoisotopic (exact) mass is 482 g/mol. The van der Waals surface area contributed by atoms with E-state index >= 15 is 0 Å². The summed E-state index contributed by atoms with van der Waals surface area (Å²) in [7, 11) is -3.09. The van der Waals surface area contributed by atoms with Crippen LogP contribution in [-0.4, -0.2) is 26.6 Å². The first kappa shape index (κ1) is 24.1. The van der Waals surface area contributed by atoms with Gasteiger partial charge in [0.25, 0.3) is 11.8 Å². The lowest BCUT2D eigenvalue weighted by Crippen LogP contribution is -2.21. The molecule has 0 aliphatic carbocycles. The largest absolute Gasteiger partial charge is 0.437 e.